The first kappa shape index (κ1) is 11.3. The summed E-state index contributed by atoms with van der Waals surface area (Å²) >= 11 is 8.38. The largest absolute Gasteiger partial charge is 0.391 e. The molecule has 0 radical (unpaired) electrons. The smallest absolute Gasteiger partial charge is 0.107 e. The summed E-state index contributed by atoms with van der Waals surface area (Å²) in [5.41, 5.74) is 0. The maximum absolute atomic E-state index is 9.17. The Morgan fingerprint density at radius 3 is 2.00 bits per heavy atom. The molecule has 0 amide bonds. The average molecular weight is 196 g/mol. The van der Waals surface area contributed by atoms with Gasteiger partial charge in [0.05, 0.1) is 17.5 Å². The predicted octanol–water partition coefficient (Wildman–Crippen LogP) is -0.613. The van der Waals surface area contributed by atoms with Crippen molar-refractivity contribution < 1.29 is 15.3 Å². The van der Waals surface area contributed by atoms with Crippen LogP contribution in [0.3, 0.4) is 0 Å². The fourth-order valence-electron chi connectivity index (χ4n) is 0.568. The molecule has 3 N–H and O–H groups in total. The van der Waals surface area contributed by atoms with Crippen LogP contribution in [0.5, 0.6) is 0 Å². The topological polar surface area (TPSA) is 60.7 Å². The van der Waals surface area contributed by atoms with Gasteiger partial charge in [0.25, 0.3) is 0 Å². The fraction of sp³-hybridized carbons (Fsp3) is 0.833. The van der Waals surface area contributed by atoms with Crippen molar-refractivity contribution in [2.75, 3.05) is 0 Å². The molecule has 0 spiro atoms. The number of thiol groups is 1. The van der Waals surface area contributed by atoms with Gasteiger partial charge in [-0.2, -0.15) is 12.6 Å². The molecule has 0 aromatic rings. The summed E-state index contributed by atoms with van der Waals surface area (Å²) in [4.78, 5) is 0. The lowest BCUT2D eigenvalue weighted by atomic mass is 10.1. The Balaban J connectivity index is 4.00. The van der Waals surface area contributed by atoms with E-state index in [0.717, 1.165) is 0 Å². The summed E-state index contributed by atoms with van der Waals surface area (Å²) in [6, 6.07) is 0. The fourth-order valence-corrected chi connectivity index (χ4v) is 0.905. The van der Waals surface area contributed by atoms with E-state index in [1.54, 1.807) is 0 Å². The third-order valence-corrected chi connectivity index (χ3v) is 2.28. The molecule has 0 saturated heterocycles. The van der Waals surface area contributed by atoms with Crippen LogP contribution in [0.1, 0.15) is 6.92 Å². The van der Waals surface area contributed by atoms with Gasteiger partial charge in [0.2, 0.25) is 0 Å². The lowest BCUT2D eigenvalue weighted by Crippen LogP contribution is -2.41. The molecule has 66 valence electrons. The zero-order valence-electron chi connectivity index (χ0n) is 6.08. The van der Waals surface area contributed by atoms with Crippen molar-refractivity contribution in [1.82, 2.24) is 0 Å². The van der Waals surface area contributed by atoms with E-state index >= 15 is 0 Å². The van der Waals surface area contributed by atoms with E-state index in [1.807, 2.05) is 0 Å². The second-order valence-corrected chi connectivity index (χ2v) is 3.22. The normalized spacial score (nSPS) is 21.9. The molecule has 0 aromatic carbocycles. The van der Waals surface area contributed by atoms with Crippen LogP contribution in [-0.4, -0.2) is 44.2 Å². The molecule has 0 aromatic heterocycles. The Bertz CT molecular complexity index is 129. The number of aliphatic hydroxyl groups excluding tert-OH is 3. The highest BCUT2D eigenvalue weighted by molar-refractivity contribution is 7.85. The van der Waals surface area contributed by atoms with E-state index in [4.69, 9.17) is 10.2 Å². The van der Waals surface area contributed by atoms with Crippen molar-refractivity contribution in [3.63, 3.8) is 0 Å². The van der Waals surface area contributed by atoms with Crippen molar-refractivity contribution in [3.05, 3.63) is 0 Å². The van der Waals surface area contributed by atoms with Crippen LogP contribution in [0.25, 0.3) is 0 Å². The molecule has 0 aliphatic rings. The Labute approximate surface area is 76.5 Å². The third-order valence-electron chi connectivity index (χ3n) is 1.33. The van der Waals surface area contributed by atoms with Gasteiger partial charge in [-0.15, -0.1) is 0 Å². The molecule has 0 saturated carbocycles. The molecule has 4 atom stereocenters. The minimum atomic E-state index is -1.20. The number of rotatable bonds is 4. The van der Waals surface area contributed by atoms with Gasteiger partial charge >= 0.3 is 0 Å². The third kappa shape index (κ3) is 3.48. The lowest BCUT2D eigenvalue weighted by Gasteiger charge is -2.22. The van der Waals surface area contributed by atoms with Crippen molar-refractivity contribution in [1.29, 1.82) is 0 Å². The van der Waals surface area contributed by atoms with Gasteiger partial charge in [-0.25, -0.2) is 0 Å². The van der Waals surface area contributed by atoms with Gasteiger partial charge in [0.1, 0.15) is 6.10 Å². The average Bonchev–Trinajstić information content (AvgIpc) is 2.00. The molecule has 3 nitrogen and oxygen atoms in total. The Morgan fingerprint density at radius 1 is 1.27 bits per heavy atom. The molecular weight excluding hydrogens is 184 g/mol. The Hall–Kier alpha value is 0.320. The van der Waals surface area contributed by atoms with Crippen molar-refractivity contribution in [2.45, 2.75) is 30.5 Å². The van der Waals surface area contributed by atoms with E-state index in [2.05, 4.69) is 24.8 Å². The summed E-state index contributed by atoms with van der Waals surface area (Å²) in [6.07, 6.45) is -3.29. The van der Waals surface area contributed by atoms with Gasteiger partial charge in [-0.05, 0) is 12.3 Å². The molecule has 5 heteroatoms. The van der Waals surface area contributed by atoms with Gasteiger partial charge in [0.15, 0.2) is 0 Å². The molecule has 0 bridgehead atoms. The van der Waals surface area contributed by atoms with Crippen LogP contribution in [0, 0.1) is 0 Å². The van der Waals surface area contributed by atoms with Crippen molar-refractivity contribution in [2.24, 2.45) is 0 Å². The van der Waals surface area contributed by atoms with Gasteiger partial charge < -0.3 is 15.3 Å². The van der Waals surface area contributed by atoms with E-state index in [9.17, 15) is 5.11 Å². The predicted molar refractivity (Wildman–Crippen MR) is 50.1 cm³/mol. The van der Waals surface area contributed by atoms with E-state index < -0.39 is 23.6 Å². The van der Waals surface area contributed by atoms with Crippen molar-refractivity contribution in [3.8, 4) is 0 Å². The molecule has 0 fully saturated rings. The second kappa shape index (κ2) is 5.05. The molecule has 4 unspecified atom stereocenters. The molecule has 11 heavy (non-hydrogen) atoms. The van der Waals surface area contributed by atoms with E-state index in [1.165, 1.54) is 12.3 Å². The van der Waals surface area contributed by atoms with Crippen LogP contribution in [0.2, 0.25) is 0 Å². The minimum Gasteiger partial charge on any atom is -0.391 e. The maximum atomic E-state index is 9.17. The van der Waals surface area contributed by atoms with E-state index in [0.29, 0.717) is 0 Å². The summed E-state index contributed by atoms with van der Waals surface area (Å²) in [6.45, 7) is 1.39. The first-order chi connectivity index (χ1) is 5.00. The Morgan fingerprint density at radius 2 is 1.73 bits per heavy atom. The molecule has 0 heterocycles. The highest BCUT2D eigenvalue weighted by atomic mass is 32.1. The summed E-state index contributed by atoms with van der Waals surface area (Å²) < 4.78 is 0. The number of aliphatic hydroxyl groups is 3. The first-order valence-corrected chi connectivity index (χ1v) is 4.17. The number of hydrogen-bond donors (Lipinski definition) is 4. The van der Waals surface area contributed by atoms with Crippen LogP contribution in [0.15, 0.2) is 0 Å². The quantitative estimate of drug-likeness (QED) is 0.358. The second-order valence-electron chi connectivity index (χ2n) is 2.35. The molecule has 0 aliphatic carbocycles. The summed E-state index contributed by atoms with van der Waals surface area (Å²) in [5.74, 6) is 0. The summed E-state index contributed by atoms with van der Waals surface area (Å²) in [5, 5.41) is 27.7. The zero-order valence-corrected chi connectivity index (χ0v) is 7.79. The highest BCUT2D eigenvalue weighted by Crippen LogP contribution is 2.07. The van der Waals surface area contributed by atoms with Crippen molar-refractivity contribution >= 4 is 30.2 Å². The molecular formula is C6H12O3S2. The zero-order chi connectivity index (χ0) is 9.02. The SMILES string of the molecule is CC(O)C(O)C(O)C(S)C=S. The Kier molecular flexibility index (Phi) is 5.20. The van der Waals surface area contributed by atoms with Gasteiger partial charge in [0, 0.05) is 0 Å². The van der Waals surface area contributed by atoms with Crippen LogP contribution < -0.4 is 0 Å². The standard InChI is InChI=1S/C6H12O3S2/c1-3(7)5(8)6(9)4(11)2-10/h2-9,11H,1H3. The van der Waals surface area contributed by atoms with E-state index in [-0.39, 0.29) is 0 Å². The number of thiocarbonyl (C=S) groups is 1. The molecule has 0 aliphatic heterocycles. The van der Waals surface area contributed by atoms with Crippen LogP contribution >= 0.6 is 24.8 Å². The maximum Gasteiger partial charge on any atom is 0.107 e. The lowest BCUT2D eigenvalue weighted by molar-refractivity contribution is -0.0458. The molecule has 0 rings (SSSR count). The summed E-state index contributed by atoms with van der Waals surface area (Å²) in [7, 11) is 0. The number of hydrogen-bond acceptors (Lipinski definition) is 5. The van der Waals surface area contributed by atoms with Gasteiger partial charge in [-0.3, -0.25) is 0 Å². The minimum absolute atomic E-state index is 0.588. The first-order valence-electron chi connectivity index (χ1n) is 3.18. The monoisotopic (exact) mass is 196 g/mol. The van der Waals surface area contributed by atoms with Crippen LogP contribution in [0.4, 0.5) is 0 Å². The highest BCUT2D eigenvalue weighted by Gasteiger charge is 2.25. The van der Waals surface area contributed by atoms with Gasteiger partial charge in [-0.1, -0.05) is 12.2 Å². The van der Waals surface area contributed by atoms with Crippen LogP contribution in [-0.2, 0) is 0 Å².